The molecule has 3 aromatic rings. The summed E-state index contributed by atoms with van der Waals surface area (Å²) >= 11 is 6.12. The first-order valence-corrected chi connectivity index (χ1v) is 10.1. The molecule has 3 rings (SSSR count). The predicted octanol–water partition coefficient (Wildman–Crippen LogP) is 4.34. The summed E-state index contributed by atoms with van der Waals surface area (Å²) in [6.45, 7) is 6.79. The minimum atomic E-state index is -0.854. The van der Waals surface area contributed by atoms with E-state index in [-0.39, 0.29) is 5.91 Å². The van der Waals surface area contributed by atoms with Gasteiger partial charge in [0.05, 0.1) is 5.69 Å². The lowest BCUT2D eigenvalue weighted by atomic mass is 10.1. The number of hydrogen-bond donors (Lipinski definition) is 2. The summed E-state index contributed by atoms with van der Waals surface area (Å²) in [6, 6.07) is 12.8. The van der Waals surface area contributed by atoms with E-state index in [1.807, 2.05) is 26.0 Å². The number of hydrogen-bond acceptors (Lipinski definition) is 4. The fourth-order valence-corrected chi connectivity index (χ4v) is 3.17. The third-order valence-electron chi connectivity index (χ3n) is 4.85. The number of aryl methyl sites for hydroxylation is 2. The quantitative estimate of drug-likeness (QED) is 0.619. The fraction of sp³-hybridized carbons (Fsp3) is 0.217. The van der Waals surface area contributed by atoms with Crippen LogP contribution in [0.1, 0.15) is 31.0 Å². The number of halogens is 1. The van der Waals surface area contributed by atoms with Gasteiger partial charge in [0.2, 0.25) is 11.8 Å². The molecule has 31 heavy (non-hydrogen) atoms. The second-order valence-corrected chi connectivity index (χ2v) is 7.75. The topological polar surface area (TPSA) is 93.1 Å². The Morgan fingerprint density at radius 2 is 1.71 bits per heavy atom. The van der Waals surface area contributed by atoms with Gasteiger partial charge in [0.1, 0.15) is 6.04 Å². The first kappa shape index (κ1) is 22.2. The molecule has 0 radical (unpaired) electrons. The number of aromatic nitrogens is 2. The Morgan fingerprint density at radius 1 is 1.00 bits per heavy atom. The van der Waals surface area contributed by atoms with Crippen LogP contribution < -0.4 is 16.2 Å². The van der Waals surface area contributed by atoms with Crippen molar-refractivity contribution in [2.75, 3.05) is 10.6 Å². The highest BCUT2D eigenvalue weighted by molar-refractivity contribution is 6.31. The van der Waals surface area contributed by atoms with E-state index in [1.165, 1.54) is 13.0 Å². The molecule has 2 aromatic carbocycles. The van der Waals surface area contributed by atoms with E-state index in [2.05, 4.69) is 15.7 Å². The number of anilines is 2. The van der Waals surface area contributed by atoms with Crippen molar-refractivity contribution in [2.45, 2.75) is 33.7 Å². The smallest absolute Gasteiger partial charge is 0.267 e. The van der Waals surface area contributed by atoms with Crippen LogP contribution in [0.15, 0.2) is 53.3 Å². The second kappa shape index (κ2) is 9.14. The van der Waals surface area contributed by atoms with Gasteiger partial charge in [-0.3, -0.25) is 14.4 Å². The van der Waals surface area contributed by atoms with E-state index in [0.717, 1.165) is 15.8 Å². The standard InChI is InChI=1S/C23H23ClN4O3/c1-13-6-8-18(12-19(13)24)26-23(31)15(3)28-22(30)10-9-20(27-28)17-7-5-14(2)21(11-17)25-16(4)29/h5-12,15H,1-4H3,(H,25,29)(H,26,31)/t15-/m1/s1. The molecule has 0 aliphatic rings. The molecule has 2 N–H and O–H groups in total. The van der Waals surface area contributed by atoms with Crippen molar-refractivity contribution in [3.63, 3.8) is 0 Å². The van der Waals surface area contributed by atoms with Crippen LogP contribution in [0.5, 0.6) is 0 Å². The van der Waals surface area contributed by atoms with Crippen molar-refractivity contribution in [3.05, 3.63) is 75.0 Å². The zero-order valence-corrected chi connectivity index (χ0v) is 18.4. The third kappa shape index (κ3) is 5.19. The zero-order chi connectivity index (χ0) is 22.7. The highest BCUT2D eigenvalue weighted by atomic mass is 35.5. The monoisotopic (exact) mass is 438 g/mol. The second-order valence-electron chi connectivity index (χ2n) is 7.34. The lowest BCUT2D eigenvalue weighted by Crippen LogP contribution is -2.33. The summed E-state index contributed by atoms with van der Waals surface area (Å²) in [5.74, 6) is -0.575. The lowest BCUT2D eigenvalue weighted by Gasteiger charge is -2.16. The van der Waals surface area contributed by atoms with Crippen LogP contribution in [0.3, 0.4) is 0 Å². The van der Waals surface area contributed by atoms with Crippen molar-refractivity contribution in [3.8, 4) is 11.3 Å². The molecule has 8 heteroatoms. The lowest BCUT2D eigenvalue weighted by molar-refractivity contribution is -0.119. The first-order valence-electron chi connectivity index (χ1n) is 9.71. The van der Waals surface area contributed by atoms with Gasteiger partial charge >= 0.3 is 0 Å². The minimum Gasteiger partial charge on any atom is -0.326 e. The van der Waals surface area contributed by atoms with Crippen LogP contribution in [0, 0.1) is 13.8 Å². The fourth-order valence-electron chi connectivity index (χ4n) is 2.99. The number of nitrogens with zero attached hydrogens (tertiary/aromatic N) is 2. The van der Waals surface area contributed by atoms with Gasteiger partial charge in [-0.2, -0.15) is 5.10 Å². The maximum atomic E-state index is 12.7. The van der Waals surface area contributed by atoms with Crippen molar-refractivity contribution in [1.82, 2.24) is 9.78 Å². The van der Waals surface area contributed by atoms with Crippen LogP contribution in [0.2, 0.25) is 5.02 Å². The van der Waals surface area contributed by atoms with Gasteiger partial charge < -0.3 is 10.6 Å². The molecule has 1 atom stereocenters. The van der Waals surface area contributed by atoms with E-state index in [0.29, 0.717) is 27.7 Å². The molecule has 2 amide bonds. The van der Waals surface area contributed by atoms with Crippen molar-refractivity contribution in [1.29, 1.82) is 0 Å². The van der Waals surface area contributed by atoms with E-state index in [1.54, 1.807) is 37.3 Å². The molecule has 1 heterocycles. The number of carbonyl (C=O) groups is 2. The molecular weight excluding hydrogens is 416 g/mol. The van der Waals surface area contributed by atoms with E-state index >= 15 is 0 Å². The number of nitrogens with one attached hydrogen (secondary N) is 2. The molecule has 0 unspecified atom stereocenters. The molecule has 0 aliphatic carbocycles. The molecule has 0 fully saturated rings. The SMILES string of the molecule is CC(=O)Nc1cc(-c2ccc(=O)n([C@H](C)C(=O)Nc3ccc(C)c(Cl)c3)n2)ccc1C. The Kier molecular flexibility index (Phi) is 6.56. The highest BCUT2D eigenvalue weighted by Crippen LogP contribution is 2.24. The minimum absolute atomic E-state index is 0.181. The van der Waals surface area contributed by atoms with Gasteiger partial charge in [-0.05, 0) is 56.2 Å². The Labute approximate surface area is 185 Å². The molecule has 1 aromatic heterocycles. The zero-order valence-electron chi connectivity index (χ0n) is 17.7. The van der Waals surface area contributed by atoms with Gasteiger partial charge in [0, 0.05) is 35.0 Å². The highest BCUT2D eigenvalue weighted by Gasteiger charge is 2.19. The van der Waals surface area contributed by atoms with Crippen molar-refractivity contribution >= 4 is 34.8 Å². The number of amides is 2. The summed E-state index contributed by atoms with van der Waals surface area (Å²) in [4.78, 5) is 36.6. The number of rotatable bonds is 5. The average molecular weight is 439 g/mol. The molecule has 160 valence electrons. The molecule has 0 bridgehead atoms. The van der Waals surface area contributed by atoms with Crippen LogP contribution in [0.25, 0.3) is 11.3 Å². The van der Waals surface area contributed by atoms with Gasteiger partial charge in [-0.15, -0.1) is 0 Å². The Bertz CT molecular complexity index is 1220. The molecular formula is C23H23ClN4O3. The number of benzene rings is 2. The van der Waals surface area contributed by atoms with Crippen molar-refractivity contribution < 1.29 is 9.59 Å². The summed E-state index contributed by atoms with van der Waals surface area (Å²) in [6.07, 6.45) is 0. The summed E-state index contributed by atoms with van der Waals surface area (Å²) in [7, 11) is 0. The maximum absolute atomic E-state index is 12.7. The summed E-state index contributed by atoms with van der Waals surface area (Å²) < 4.78 is 1.14. The number of carbonyl (C=O) groups excluding carboxylic acids is 2. The predicted molar refractivity (Wildman–Crippen MR) is 123 cm³/mol. The van der Waals surface area contributed by atoms with E-state index in [4.69, 9.17) is 11.6 Å². The summed E-state index contributed by atoms with van der Waals surface area (Å²) in [5, 5.41) is 10.5. The van der Waals surface area contributed by atoms with Gasteiger partial charge in [-0.1, -0.05) is 29.8 Å². The Morgan fingerprint density at radius 3 is 2.39 bits per heavy atom. The van der Waals surface area contributed by atoms with Crippen LogP contribution in [-0.4, -0.2) is 21.6 Å². The van der Waals surface area contributed by atoms with Gasteiger partial charge in [0.15, 0.2) is 0 Å². The van der Waals surface area contributed by atoms with Crippen LogP contribution in [0.4, 0.5) is 11.4 Å². The van der Waals surface area contributed by atoms with Gasteiger partial charge in [-0.25, -0.2) is 4.68 Å². The van der Waals surface area contributed by atoms with Crippen LogP contribution in [-0.2, 0) is 9.59 Å². The molecule has 0 saturated carbocycles. The molecule has 7 nitrogen and oxygen atoms in total. The van der Waals surface area contributed by atoms with Crippen LogP contribution >= 0.6 is 11.6 Å². The molecule has 0 saturated heterocycles. The average Bonchev–Trinajstić information content (AvgIpc) is 2.72. The largest absolute Gasteiger partial charge is 0.326 e. The summed E-state index contributed by atoms with van der Waals surface area (Å²) in [5.41, 5.74) is 3.81. The first-order chi connectivity index (χ1) is 14.7. The molecule has 0 spiro atoms. The van der Waals surface area contributed by atoms with E-state index in [9.17, 15) is 14.4 Å². The molecule has 0 aliphatic heterocycles. The third-order valence-corrected chi connectivity index (χ3v) is 5.26. The van der Waals surface area contributed by atoms with Gasteiger partial charge in [0.25, 0.3) is 5.56 Å². The maximum Gasteiger partial charge on any atom is 0.267 e. The van der Waals surface area contributed by atoms with E-state index < -0.39 is 17.5 Å². The van der Waals surface area contributed by atoms with Crippen molar-refractivity contribution in [2.24, 2.45) is 0 Å². The Hall–Kier alpha value is -3.45. The normalized spacial score (nSPS) is 11.6. The Balaban J connectivity index is 1.90.